The highest BCUT2D eigenvalue weighted by molar-refractivity contribution is 5.61. The van der Waals surface area contributed by atoms with Crippen molar-refractivity contribution in [1.82, 2.24) is 0 Å². The number of hydrogen-bond donors (Lipinski definition) is 0. The van der Waals surface area contributed by atoms with Crippen molar-refractivity contribution < 1.29 is 0 Å². The molecule has 1 aromatic rings. The first-order chi connectivity index (χ1) is 7.22. The zero-order valence-electron chi connectivity index (χ0n) is 9.98. The van der Waals surface area contributed by atoms with E-state index < -0.39 is 0 Å². The summed E-state index contributed by atoms with van der Waals surface area (Å²) in [5.41, 5.74) is 1.39. The quantitative estimate of drug-likeness (QED) is 0.646. The third-order valence-electron chi connectivity index (χ3n) is 2.59. The molecule has 2 unspecified atom stereocenters. The van der Waals surface area contributed by atoms with Crippen LogP contribution in [0.5, 0.6) is 0 Å². The molecule has 82 valence electrons. The Labute approximate surface area is 93.2 Å². The smallest absolute Gasteiger partial charge is 0.0465 e. The summed E-state index contributed by atoms with van der Waals surface area (Å²) >= 11 is 0. The van der Waals surface area contributed by atoms with Gasteiger partial charge in [-0.2, -0.15) is 0 Å². The first kappa shape index (κ1) is 12.0. The lowest BCUT2D eigenvalue weighted by molar-refractivity contribution is 0.701. The first-order valence-corrected chi connectivity index (χ1v) is 5.79. The summed E-state index contributed by atoms with van der Waals surface area (Å²) in [6.45, 7) is 6.55. The third kappa shape index (κ3) is 4.78. The van der Waals surface area contributed by atoms with Crippen molar-refractivity contribution in [3.05, 3.63) is 35.9 Å². The van der Waals surface area contributed by atoms with Gasteiger partial charge in [-0.1, -0.05) is 44.2 Å². The minimum Gasteiger partial charge on any atom is -0.294 e. The van der Waals surface area contributed by atoms with E-state index in [1.165, 1.54) is 5.56 Å². The van der Waals surface area contributed by atoms with Crippen LogP contribution < -0.4 is 0 Å². The molecule has 0 fully saturated rings. The Balaban J connectivity index is 2.43. The normalized spacial score (nSPS) is 15.4. The largest absolute Gasteiger partial charge is 0.294 e. The fourth-order valence-corrected chi connectivity index (χ4v) is 1.44. The minimum atomic E-state index is 0.461. The Morgan fingerprint density at radius 3 is 2.47 bits per heavy atom. The Kier molecular flexibility index (Phi) is 5.09. The molecule has 0 saturated heterocycles. The molecule has 15 heavy (non-hydrogen) atoms. The average molecular weight is 203 g/mol. The molecule has 1 heteroatoms. The fourth-order valence-electron chi connectivity index (χ4n) is 1.44. The summed E-state index contributed by atoms with van der Waals surface area (Å²) in [6.07, 6.45) is 4.30. The summed E-state index contributed by atoms with van der Waals surface area (Å²) < 4.78 is 0. The van der Waals surface area contributed by atoms with E-state index in [0.29, 0.717) is 12.0 Å². The van der Waals surface area contributed by atoms with Crippen LogP contribution in [0, 0.1) is 5.92 Å². The van der Waals surface area contributed by atoms with E-state index in [4.69, 9.17) is 0 Å². The van der Waals surface area contributed by atoms with Crippen LogP contribution in [0.2, 0.25) is 0 Å². The van der Waals surface area contributed by atoms with Gasteiger partial charge in [-0.05, 0) is 31.2 Å². The van der Waals surface area contributed by atoms with E-state index in [2.05, 4.69) is 62.3 Å². The predicted octanol–water partition coefficient (Wildman–Crippen LogP) is 3.73. The maximum Gasteiger partial charge on any atom is 0.0465 e. The molecule has 0 aromatic heterocycles. The summed E-state index contributed by atoms with van der Waals surface area (Å²) in [5, 5.41) is 0. The molecule has 0 bridgehead atoms. The van der Waals surface area contributed by atoms with E-state index in [1.54, 1.807) is 0 Å². The van der Waals surface area contributed by atoms with Crippen molar-refractivity contribution in [3.8, 4) is 0 Å². The lowest BCUT2D eigenvalue weighted by atomic mass is 10.0. The van der Waals surface area contributed by atoms with E-state index in [-0.39, 0.29) is 0 Å². The highest BCUT2D eigenvalue weighted by Crippen LogP contribution is 2.07. The van der Waals surface area contributed by atoms with Gasteiger partial charge in [0.25, 0.3) is 0 Å². The molecule has 0 spiro atoms. The number of nitrogens with zero attached hydrogens (tertiary/aromatic N) is 1. The highest BCUT2D eigenvalue weighted by atomic mass is 14.7. The molecular weight excluding hydrogens is 182 g/mol. The van der Waals surface area contributed by atoms with E-state index >= 15 is 0 Å². The highest BCUT2D eigenvalue weighted by Gasteiger charge is 2.00. The minimum absolute atomic E-state index is 0.461. The number of rotatable bonds is 5. The first-order valence-electron chi connectivity index (χ1n) is 5.79. The van der Waals surface area contributed by atoms with Crippen LogP contribution in [-0.4, -0.2) is 12.3 Å². The Morgan fingerprint density at radius 1 is 1.20 bits per heavy atom. The second-order valence-corrected chi connectivity index (χ2v) is 4.22. The van der Waals surface area contributed by atoms with Crippen LogP contribution in [0.3, 0.4) is 0 Å². The van der Waals surface area contributed by atoms with Crippen molar-refractivity contribution in [3.63, 3.8) is 0 Å². The number of hydrogen-bond acceptors (Lipinski definition) is 1. The molecular formula is C14H21N. The maximum atomic E-state index is 4.51. The average Bonchev–Trinajstić information content (AvgIpc) is 2.27. The SMILES string of the molecule is CCC(C)N=CC(C)Cc1ccccc1. The molecule has 0 aliphatic heterocycles. The second-order valence-electron chi connectivity index (χ2n) is 4.22. The van der Waals surface area contributed by atoms with Crippen LogP contribution in [0.15, 0.2) is 35.3 Å². The van der Waals surface area contributed by atoms with Gasteiger partial charge in [-0.25, -0.2) is 0 Å². The van der Waals surface area contributed by atoms with Crippen LogP contribution in [0.4, 0.5) is 0 Å². The van der Waals surface area contributed by atoms with Crippen molar-refractivity contribution in [2.75, 3.05) is 0 Å². The van der Waals surface area contributed by atoms with Crippen molar-refractivity contribution in [2.24, 2.45) is 10.9 Å². The molecule has 0 aliphatic carbocycles. The summed E-state index contributed by atoms with van der Waals surface area (Å²) in [4.78, 5) is 4.51. The van der Waals surface area contributed by atoms with Crippen LogP contribution in [0.25, 0.3) is 0 Å². The fraction of sp³-hybridized carbons (Fsp3) is 0.500. The third-order valence-corrected chi connectivity index (χ3v) is 2.59. The van der Waals surface area contributed by atoms with Crippen molar-refractivity contribution >= 4 is 6.21 Å². The molecule has 0 aliphatic rings. The van der Waals surface area contributed by atoms with Gasteiger partial charge in [0, 0.05) is 12.3 Å². The second kappa shape index (κ2) is 6.39. The maximum absolute atomic E-state index is 4.51. The summed E-state index contributed by atoms with van der Waals surface area (Å²) in [5.74, 6) is 0.529. The Hall–Kier alpha value is -1.11. The van der Waals surface area contributed by atoms with Crippen LogP contribution >= 0.6 is 0 Å². The van der Waals surface area contributed by atoms with Gasteiger partial charge >= 0.3 is 0 Å². The summed E-state index contributed by atoms with van der Waals surface area (Å²) in [6, 6.07) is 11.0. The Bertz CT molecular complexity index is 289. The molecule has 1 nitrogen and oxygen atoms in total. The molecule has 0 amide bonds. The van der Waals surface area contributed by atoms with Crippen LogP contribution in [0.1, 0.15) is 32.8 Å². The lowest BCUT2D eigenvalue weighted by Crippen LogP contribution is -2.04. The van der Waals surface area contributed by atoms with E-state index in [0.717, 1.165) is 12.8 Å². The predicted molar refractivity (Wildman–Crippen MR) is 67.6 cm³/mol. The number of benzene rings is 1. The lowest BCUT2D eigenvalue weighted by Gasteiger charge is -2.07. The molecule has 1 aromatic carbocycles. The van der Waals surface area contributed by atoms with Gasteiger partial charge in [0.05, 0.1) is 0 Å². The van der Waals surface area contributed by atoms with Crippen molar-refractivity contribution in [2.45, 2.75) is 39.7 Å². The Morgan fingerprint density at radius 2 is 1.87 bits per heavy atom. The standard InChI is InChI=1S/C14H21N/c1-4-13(3)15-11-12(2)10-14-8-6-5-7-9-14/h5-9,11-13H,4,10H2,1-3H3. The zero-order chi connectivity index (χ0) is 11.1. The topological polar surface area (TPSA) is 12.4 Å². The van der Waals surface area contributed by atoms with Gasteiger partial charge in [-0.3, -0.25) is 4.99 Å². The van der Waals surface area contributed by atoms with Gasteiger partial charge in [0.1, 0.15) is 0 Å². The monoisotopic (exact) mass is 203 g/mol. The molecule has 0 saturated carbocycles. The molecule has 1 rings (SSSR count). The van der Waals surface area contributed by atoms with Gasteiger partial charge in [-0.15, -0.1) is 0 Å². The van der Waals surface area contributed by atoms with Crippen molar-refractivity contribution in [1.29, 1.82) is 0 Å². The van der Waals surface area contributed by atoms with Crippen LogP contribution in [-0.2, 0) is 6.42 Å². The summed E-state index contributed by atoms with van der Waals surface area (Å²) in [7, 11) is 0. The molecule has 2 atom stereocenters. The van der Waals surface area contributed by atoms with E-state index in [1.807, 2.05) is 0 Å². The molecule has 0 N–H and O–H groups in total. The van der Waals surface area contributed by atoms with Gasteiger partial charge in [0.15, 0.2) is 0 Å². The van der Waals surface area contributed by atoms with Gasteiger partial charge in [0.2, 0.25) is 0 Å². The van der Waals surface area contributed by atoms with E-state index in [9.17, 15) is 0 Å². The molecule has 0 radical (unpaired) electrons. The molecule has 0 heterocycles. The zero-order valence-corrected chi connectivity index (χ0v) is 9.98. The number of aliphatic imine (C=N–C) groups is 1. The van der Waals surface area contributed by atoms with Gasteiger partial charge < -0.3 is 0 Å².